The summed E-state index contributed by atoms with van der Waals surface area (Å²) < 4.78 is 35.1. The zero-order chi connectivity index (χ0) is 33.9. The van der Waals surface area contributed by atoms with Crippen LogP contribution in [0.3, 0.4) is 0 Å². The first kappa shape index (κ1) is 35.0. The molecule has 0 spiro atoms. The summed E-state index contributed by atoms with van der Waals surface area (Å²) in [5.74, 6) is -0.236. The summed E-state index contributed by atoms with van der Waals surface area (Å²) in [6, 6.07) is 30.4. The average Bonchev–Trinajstić information content (AvgIpc) is 3.11. The second-order valence-corrected chi connectivity index (χ2v) is 14.2. The Hall–Kier alpha value is -4.34. The molecule has 0 heterocycles. The van der Waals surface area contributed by atoms with Crippen LogP contribution in [0, 0.1) is 0 Å². The lowest BCUT2D eigenvalue weighted by Crippen LogP contribution is -2.55. The number of carbonyl (C=O) groups excluding carboxylic acids is 2. The van der Waals surface area contributed by atoms with Gasteiger partial charge in [0.15, 0.2) is 0 Å². The molecule has 0 unspecified atom stereocenters. The highest BCUT2D eigenvalue weighted by Crippen LogP contribution is 2.28. The molecular weight excluding hydrogens is 646 g/mol. The summed E-state index contributed by atoms with van der Waals surface area (Å²) in [5.41, 5.74) is 1.81. The topological polar surface area (TPSA) is 96.0 Å². The summed E-state index contributed by atoms with van der Waals surface area (Å²) in [7, 11) is -4.20. The standard InChI is InChI=1S/C38H42ClN3O5S/c1-2-47-33-24-22-32(23-25-33)42(48(45,46)34-19-10-5-11-20-34)28-37(43)41(27-30-16-12-13-21-35(30)39)36(26-29-14-6-3-7-15-29)38(44)40-31-17-8-4-9-18-31/h3,5-7,10-16,19-25,31,36H,2,4,8-9,17-18,26-28H2,1H3,(H,40,44)/t36-/m0/s1. The average molecular weight is 688 g/mol. The van der Waals surface area contributed by atoms with Gasteiger partial charge in [-0.25, -0.2) is 8.42 Å². The first-order chi connectivity index (χ1) is 23.3. The van der Waals surface area contributed by atoms with Crippen LogP contribution in [0.15, 0.2) is 114 Å². The first-order valence-corrected chi connectivity index (χ1v) is 18.3. The van der Waals surface area contributed by atoms with Gasteiger partial charge in [0.1, 0.15) is 18.3 Å². The summed E-state index contributed by atoms with van der Waals surface area (Å²) in [5, 5.41) is 3.67. The molecule has 2 amide bonds. The third kappa shape index (κ3) is 8.96. The monoisotopic (exact) mass is 687 g/mol. The lowest BCUT2D eigenvalue weighted by Gasteiger charge is -2.35. The Balaban J connectivity index is 1.56. The van der Waals surface area contributed by atoms with Crippen molar-refractivity contribution in [3.63, 3.8) is 0 Å². The van der Waals surface area contributed by atoms with Crippen molar-refractivity contribution in [2.75, 3.05) is 17.5 Å². The summed E-state index contributed by atoms with van der Waals surface area (Å²) in [6.07, 6.45) is 5.19. The van der Waals surface area contributed by atoms with Gasteiger partial charge in [-0.2, -0.15) is 0 Å². The minimum Gasteiger partial charge on any atom is -0.494 e. The number of nitrogens with one attached hydrogen (secondary N) is 1. The molecule has 4 aromatic carbocycles. The molecule has 1 aliphatic rings. The van der Waals surface area contributed by atoms with E-state index in [0.29, 0.717) is 28.6 Å². The number of hydrogen-bond acceptors (Lipinski definition) is 5. The maximum Gasteiger partial charge on any atom is 0.264 e. The van der Waals surface area contributed by atoms with Gasteiger partial charge in [-0.3, -0.25) is 13.9 Å². The molecule has 1 N–H and O–H groups in total. The van der Waals surface area contributed by atoms with E-state index in [4.69, 9.17) is 16.3 Å². The maximum atomic E-state index is 14.7. The molecule has 252 valence electrons. The van der Waals surface area contributed by atoms with Gasteiger partial charge in [0.2, 0.25) is 11.8 Å². The predicted molar refractivity (Wildman–Crippen MR) is 190 cm³/mol. The van der Waals surface area contributed by atoms with E-state index in [-0.39, 0.29) is 29.8 Å². The number of nitrogens with zero attached hydrogens (tertiary/aromatic N) is 2. The molecule has 10 heteroatoms. The number of hydrogen-bond donors (Lipinski definition) is 1. The fraction of sp³-hybridized carbons (Fsp3) is 0.316. The largest absolute Gasteiger partial charge is 0.494 e. The van der Waals surface area contributed by atoms with E-state index >= 15 is 0 Å². The van der Waals surface area contributed by atoms with Crippen molar-refractivity contribution in [3.05, 3.63) is 125 Å². The Morgan fingerprint density at radius 3 is 2.12 bits per heavy atom. The molecule has 4 aromatic rings. The molecule has 0 radical (unpaired) electrons. The van der Waals surface area contributed by atoms with Crippen molar-refractivity contribution < 1.29 is 22.7 Å². The quantitative estimate of drug-likeness (QED) is 0.154. The van der Waals surface area contributed by atoms with Crippen LogP contribution in [-0.4, -0.2) is 50.4 Å². The molecule has 1 aliphatic carbocycles. The molecule has 0 bridgehead atoms. The second-order valence-electron chi connectivity index (χ2n) is 11.9. The van der Waals surface area contributed by atoms with Crippen LogP contribution < -0.4 is 14.4 Å². The van der Waals surface area contributed by atoms with Gasteiger partial charge in [0, 0.05) is 24.0 Å². The van der Waals surface area contributed by atoms with Gasteiger partial charge in [-0.05, 0) is 73.4 Å². The van der Waals surface area contributed by atoms with E-state index in [2.05, 4.69) is 5.32 Å². The molecule has 8 nitrogen and oxygen atoms in total. The molecule has 0 aromatic heterocycles. The normalized spacial score (nSPS) is 14.1. The Labute approximate surface area is 288 Å². The van der Waals surface area contributed by atoms with Crippen molar-refractivity contribution in [1.29, 1.82) is 0 Å². The number of amides is 2. The summed E-state index contributed by atoms with van der Waals surface area (Å²) >= 11 is 6.61. The fourth-order valence-electron chi connectivity index (χ4n) is 6.03. The van der Waals surface area contributed by atoms with Gasteiger partial charge < -0.3 is 15.0 Å². The minimum absolute atomic E-state index is 0.0105. The van der Waals surface area contributed by atoms with Crippen molar-refractivity contribution in [2.45, 2.75) is 69.0 Å². The van der Waals surface area contributed by atoms with Crippen molar-refractivity contribution in [1.82, 2.24) is 10.2 Å². The van der Waals surface area contributed by atoms with Crippen LogP contribution in [0.25, 0.3) is 0 Å². The van der Waals surface area contributed by atoms with E-state index in [1.807, 2.05) is 49.4 Å². The minimum atomic E-state index is -4.20. The molecule has 48 heavy (non-hydrogen) atoms. The van der Waals surface area contributed by atoms with E-state index in [1.54, 1.807) is 54.6 Å². The van der Waals surface area contributed by atoms with Crippen LogP contribution in [0.2, 0.25) is 5.02 Å². The third-order valence-corrected chi connectivity index (χ3v) is 10.7. The van der Waals surface area contributed by atoms with E-state index in [9.17, 15) is 18.0 Å². The molecule has 0 aliphatic heterocycles. The van der Waals surface area contributed by atoms with Gasteiger partial charge in [0.05, 0.1) is 17.2 Å². The Morgan fingerprint density at radius 1 is 0.854 bits per heavy atom. The van der Waals surface area contributed by atoms with Gasteiger partial charge in [0.25, 0.3) is 10.0 Å². The van der Waals surface area contributed by atoms with Crippen LogP contribution in [-0.2, 0) is 32.6 Å². The van der Waals surface area contributed by atoms with Gasteiger partial charge >= 0.3 is 0 Å². The number of carbonyl (C=O) groups is 2. The van der Waals surface area contributed by atoms with Crippen molar-refractivity contribution in [2.24, 2.45) is 0 Å². The molecule has 5 rings (SSSR count). The second kappa shape index (κ2) is 16.7. The molecule has 0 saturated heterocycles. The number of ether oxygens (including phenoxy) is 1. The Morgan fingerprint density at radius 2 is 1.48 bits per heavy atom. The lowest BCUT2D eigenvalue weighted by atomic mass is 9.94. The SMILES string of the molecule is CCOc1ccc(N(CC(=O)N(Cc2ccccc2Cl)[C@@H](Cc2ccccc2)C(=O)NC2CCCCC2)S(=O)(=O)c2ccccc2)cc1. The predicted octanol–water partition coefficient (Wildman–Crippen LogP) is 7.02. The van der Waals surface area contributed by atoms with Crippen LogP contribution in [0.4, 0.5) is 5.69 Å². The Bertz CT molecular complexity index is 1750. The van der Waals surface area contributed by atoms with E-state index in [1.165, 1.54) is 17.0 Å². The van der Waals surface area contributed by atoms with Crippen LogP contribution in [0.1, 0.15) is 50.2 Å². The van der Waals surface area contributed by atoms with Gasteiger partial charge in [-0.15, -0.1) is 0 Å². The molecular formula is C38H42ClN3O5S. The van der Waals surface area contributed by atoms with Gasteiger partial charge in [-0.1, -0.05) is 97.6 Å². The maximum absolute atomic E-state index is 14.7. The highest BCUT2D eigenvalue weighted by atomic mass is 35.5. The zero-order valence-electron chi connectivity index (χ0n) is 27.1. The van der Waals surface area contributed by atoms with Crippen molar-refractivity contribution in [3.8, 4) is 5.75 Å². The third-order valence-electron chi connectivity index (χ3n) is 8.57. The zero-order valence-corrected chi connectivity index (χ0v) is 28.7. The summed E-state index contributed by atoms with van der Waals surface area (Å²) in [4.78, 5) is 30.4. The Kier molecular flexibility index (Phi) is 12.1. The van der Waals surface area contributed by atoms with Crippen molar-refractivity contribution >= 4 is 39.1 Å². The van der Waals surface area contributed by atoms with E-state index in [0.717, 1.165) is 42.0 Å². The summed E-state index contributed by atoms with van der Waals surface area (Å²) in [6.45, 7) is 1.78. The molecule has 1 fully saturated rings. The van der Waals surface area contributed by atoms with Crippen LogP contribution >= 0.6 is 11.6 Å². The fourth-order valence-corrected chi connectivity index (χ4v) is 7.66. The smallest absolute Gasteiger partial charge is 0.264 e. The van der Waals surface area contributed by atoms with E-state index < -0.39 is 28.5 Å². The number of sulfonamides is 1. The number of halogens is 1. The molecule has 1 saturated carbocycles. The highest BCUT2D eigenvalue weighted by molar-refractivity contribution is 7.92. The number of anilines is 1. The van der Waals surface area contributed by atoms with Crippen LogP contribution in [0.5, 0.6) is 5.75 Å². The first-order valence-electron chi connectivity index (χ1n) is 16.4. The lowest BCUT2D eigenvalue weighted by molar-refractivity contribution is -0.140. The molecule has 1 atom stereocenters. The number of benzene rings is 4. The highest BCUT2D eigenvalue weighted by Gasteiger charge is 2.35. The number of rotatable bonds is 14.